The van der Waals surface area contributed by atoms with Gasteiger partial charge in [0.1, 0.15) is 0 Å². The van der Waals surface area contributed by atoms with E-state index in [1.807, 2.05) is 18.3 Å². The first-order valence-corrected chi connectivity index (χ1v) is 9.78. The van der Waals surface area contributed by atoms with Crippen LogP contribution in [0, 0.1) is 5.41 Å². The van der Waals surface area contributed by atoms with Gasteiger partial charge in [-0.05, 0) is 56.3 Å². The predicted molar refractivity (Wildman–Crippen MR) is 104 cm³/mol. The summed E-state index contributed by atoms with van der Waals surface area (Å²) in [6.45, 7) is 7.01. The fourth-order valence-corrected chi connectivity index (χ4v) is 4.19. The van der Waals surface area contributed by atoms with Gasteiger partial charge in [-0.1, -0.05) is 13.8 Å². The van der Waals surface area contributed by atoms with Crippen LogP contribution in [0.3, 0.4) is 0 Å². The van der Waals surface area contributed by atoms with Crippen LogP contribution in [0.15, 0.2) is 30.7 Å². The molecule has 1 amide bonds. The molecule has 1 atom stereocenters. The Balaban J connectivity index is 1.56. The van der Waals surface area contributed by atoms with Crippen molar-refractivity contribution in [2.45, 2.75) is 45.6 Å². The van der Waals surface area contributed by atoms with E-state index in [9.17, 15) is 4.79 Å². The zero-order valence-electron chi connectivity index (χ0n) is 16.1. The van der Waals surface area contributed by atoms with Crippen LogP contribution in [-0.4, -0.2) is 45.4 Å². The monoisotopic (exact) mass is 365 g/mol. The van der Waals surface area contributed by atoms with Gasteiger partial charge in [-0.25, -0.2) is 9.97 Å². The van der Waals surface area contributed by atoms with Crippen molar-refractivity contribution in [2.24, 2.45) is 5.41 Å². The number of pyridine rings is 1. The quantitative estimate of drug-likeness (QED) is 0.902. The van der Waals surface area contributed by atoms with Gasteiger partial charge in [0.05, 0.1) is 18.3 Å². The Kier molecular flexibility index (Phi) is 4.91. The molecule has 1 N–H and O–H groups in total. The summed E-state index contributed by atoms with van der Waals surface area (Å²) in [7, 11) is 0. The first-order chi connectivity index (χ1) is 13.0. The first kappa shape index (κ1) is 18.0. The van der Waals surface area contributed by atoms with E-state index < -0.39 is 0 Å². The zero-order valence-corrected chi connectivity index (χ0v) is 16.1. The number of amides is 1. The third kappa shape index (κ3) is 4.16. The van der Waals surface area contributed by atoms with Crippen LogP contribution in [0.25, 0.3) is 11.4 Å². The molecule has 6 heteroatoms. The fourth-order valence-electron chi connectivity index (χ4n) is 4.19. The van der Waals surface area contributed by atoms with Crippen molar-refractivity contribution in [3.63, 3.8) is 0 Å². The minimum atomic E-state index is -0.0261. The number of hydrogen-bond donors (Lipinski definition) is 1. The molecule has 0 saturated carbocycles. The first-order valence-electron chi connectivity index (χ1n) is 9.78. The standard InChI is InChI=1S/C21H27N5O/c1-21(2)10-17(24-19(27)14-26-8-3-4-9-26)16-13-23-20(25-18(16)11-21)15-6-5-7-22-12-15/h5-7,12-13,17H,3-4,8-11,14H2,1-2H3,(H,24,27)/t17-/m1/s1. The van der Waals surface area contributed by atoms with Gasteiger partial charge in [0, 0.05) is 29.7 Å². The number of nitrogens with zero attached hydrogens (tertiary/aromatic N) is 4. The van der Waals surface area contributed by atoms with Crippen LogP contribution in [-0.2, 0) is 11.2 Å². The lowest BCUT2D eigenvalue weighted by atomic mass is 9.74. The molecule has 0 aromatic carbocycles. The Bertz CT molecular complexity index is 815. The van der Waals surface area contributed by atoms with E-state index in [2.05, 4.69) is 34.0 Å². The number of carbonyl (C=O) groups is 1. The van der Waals surface area contributed by atoms with Crippen LogP contribution in [0.4, 0.5) is 0 Å². The van der Waals surface area contributed by atoms with E-state index in [-0.39, 0.29) is 17.4 Å². The Morgan fingerprint density at radius 3 is 2.85 bits per heavy atom. The number of aromatic nitrogens is 3. The SMILES string of the molecule is CC1(C)Cc2nc(-c3cccnc3)ncc2[C@H](NC(=O)CN2CCCC2)C1. The van der Waals surface area contributed by atoms with E-state index in [0.717, 1.165) is 42.8 Å². The van der Waals surface area contributed by atoms with Gasteiger partial charge in [-0.15, -0.1) is 0 Å². The van der Waals surface area contributed by atoms with E-state index >= 15 is 0 Å². The lowest BCUT2D eigenvalue weighted by molar-refractivity contribution is -0.123. The second kappa shape index (κ2) is 7.35. The maximum absolute atomic E-state index is 12.6. The number of rotatable bonds is 4. The molecule has 4 rings (SSSR count). The Hall–Kier alpha value is -2.34. The molecule has 2 aromatic rings. The molecule has 0 spiro atoms. The summed E-state index contributed by atoms with van der Waals surface area (Å²) >= 11 is 0. The molecule has 0 radical (unpaired) electrons. The summed E-state index contributed by atoms with van der Waals surface area (Å²) in [5.74, 6) is 0.795. The molecule has 0 unspecified atom stereocenters. The van der Waals surface area contributed by atoms with Gasteiger partial charge in [0.25, 0.3) is 0 Å². The molecule has 1 aliphatic heterocycles. The van der Waals surface area contributed by atoms with Crippen molar-refractivity contribution in [1.29, 1.82) is 0 Å². The molecule has 1 fully saturated rings. The topological polar surface area (TPSA) is 71.0 Å². The highest BCUT2D eigenvalue weighted by Gasteiger charge is 2.34. The Labute approximate surface area is 160 Å². The fraction of sp³-hybridized carbons (Fsp3) is 0.524. The summed E-state index contributed by atoms with van der Waals surface area (Å²) < 4.78 is 0. The highest BCUT2D eigenvalue weighted by atomic mass is 16.2. The smallest absolute Gasteiger partial charge is 0.234 e. The lowest BCUT2D eigenvalue weighted by Gasteiger charge is -2.36. The van der Waals surface area contributed by atoms with Gasteiger partial charge in [-0.3, -0.25) is 14.7 Å². The van der Waals surface area contributed by atoms with Crippen LogP contribution in [0.5, 0.6) is 0 Å². The molecule has 142 valence electrons. The lowest BCUT2D eigenvalue weighted by Crippen LogP contribution is -2.41. The van der Waals surface area contributed by atoms with Crippen molar-refractivity contribution in [2.75, 3.05) is 19.6 Å². The third-order valence-electron chi connectivity index (χ3n) is 5.50. The summed E-state index contributed by atoms with van der Waals surface area (Å²) in [5.41, 5.74) is 3.08. The average molecular weight is 365 g/mol. The number of hydrogen-bond acceptors (Lipinski definition) is 5. The van der Waals surface area contributed by atoms with Gasteiger partial charge < -0.3 is 5.32 Å². The van der Waals surface area contributed by atoms with Crippen LogP contribution < -0.4 is 5.32 Å². The molecular weight excluding hydrogens is 338 g/mol. The largest absolute Gasteiger partial charge is 0.348 e. The molecule has 1 saturated heterocycles. The minimum Gasteiger partial charge on any atom is -0.348 e. The van der Waals surface area contributed by atoms with Gasteiger partial charge >= 0.3 is 0 Å². The molecule has 2 aromatic heterocycles. The van der Waals surface area contributed by atoms with E-state index in [4.69, 9.17) is 4.98 Å². The highest BCUT2D eigenvalue weighted by Crippen LogP contribution is 2.40. The number of carbonyl (C=O) groups excluding carboxylic acids is 1. The molecular formula is C21H27N5O. The molecule has 3 heterocycles. The van der Waals surface area contributed by atoms with Gasteiger partial charge in [0.15, 0.2) is 5.82 Å². The van der Waals surface area contributed by atoms with E-state index in [0.29, 0.717) is 12.4 Å². The third-order valence-corrected chi connectivity index (χ3v) is 5.50. The highest BCUT2D eigenvalue weighted by molar-refractivity contribution is 5.78. The van der Waals surface area contributed by atoms with Gasteiger partial charge in [-0.2, -0.15) is 0 Å². The van der Waals surface area contributed by atoms with E-state index in [1.165, 1.54) is 12.8 Å². The summed E-state index contributed by atoms with van der Waals surface area (Å²) in [5, 5.41) is 3.24. The van der Waals surface area contributed by atoms with Gasteiger partial charge in [0.2, 0.25) is 5.91 Å². The Morgan fingerprint density at radius 2 is 2.11 bits per heavy atom. The maximum Gasteiger partial charge on any atom is 0.234 e. The second-order valence-corrected chi connectivity index (χ2v) is 8.49. The van der Waals surface area contributed by atoms with Crippen molar-refractivity contribution in [3.05, 3.63) is 42.0 Å². The van der Waals surface area contributed by atoms with Crippen LogP contribution >= 0.6 is 0 Å². The van der Waals surface area contributed by atoms with Crippen LogP contribution in [0.1, 0.15) is 50.4 Å². The van der Waals surface area contributed by atoms with Crippen molar-refractivity contribution >= 4 is 5.91 Å². The number of likely N-dealkylation sites (tertiary alicyclic amines) is 1. The normalized spacial score (nSPS) is 21.6. The predicted octanol–water partition coefficient (Wildman–Crippen LogP) is 2.76. The molecule has 27 heavy (non-hydrogen) atoms. The van der Waals surface area contributed by atoms with E-state index in [1.54, 1.807) is 12.4 Å². The zero-order chi connectivity index (χ0) is 18.9. The Morgan fingerprint density at radius 1 is 1.30 bits per heavy atom. The van der Waals surface area contributed by atoms with Crippen molar-refractivity contribution < 1.29 is 4.79 Å². The molecule has 0 bridgehead atoms. The summed E-state index contributed by atoms with van der Waals surface area (Å²) in [6, 6.07) is 3.84. The average Bonchev–Trinajstić information content (AvgIpc) is 3.14. The molecule has 1 aliphatic carbocycles. The number of nitrogens with one attached hydrogen (secondary N) is 1. The van der Waals surface area contributed by atoms with Crippen LogP contribution in [0.2, 0.25) is 0 Å². The molecule has 6 nitrogen and oxygen atoms in total. The summed E-state index contributed by atoms with van der Waals surface area (Å²) in [4.78, 5) is 28.4. The second-order valence-electron chi connectivity index (χ2n) is 8.49. The molecule has 2 aliphatic rings. The van der Waals surface area contributed by atoms with Crippen molar-refractivity contribution in [3.8, 4) is 11.4 Å². The minimum absolute atomic E-state index is 0.0261. The van der Waals surface area contributed by atoms with Crippen molar-refractivity contribution in [1.82, 2.24) is 25.2 Å². The summed E-state index contributed by atoms with van der Waals surface area (Å²) in [6.07, 6.45) is 9.59. The maximum atomic E-state index is 12.6. The number of fused-ring (bicyclic) bond motifs is 1.